The summed E-state index contributed by atoms with van der Waals surface area (Å²) in [6.07, 6.45) is 10.1. The van der Waals surface area contributed by atoms with E-state index in [1.165, 1.54) is 58.0 Å². The number of nitrogens with zero attached hydrogens (tertiary/aromatic N) is 2. The molecule has 3 unspecified atom stereocenters. The van der Waals surface area contributed by atoms with E-state index < -0.39 is 0 Å². The van der Waals surface area contributed by atoms with Crippen molar-refractivity contribution in [2.45, 2.75) is 76.8 Å². The summed E-state index contributed by atoms with van der Waals surface area (Å²) in [4.78, 5) is 2.67. The zero-order chi connectivity index (χ0) is 14.4. The smallest absolute Gasteiger partial charge is 0.109 e. The van der Waals surface area contributed by atoms with E-state index in [1.807, 2.05) is 0 Å². The van der Waals surface area contributed by atoms with E-state index in [4.69, 9.17) is 0 Å². The Morgan fingerprint density at radius 3 is 2.85 bits per heavy atom. The second-order valence-electron chi connectivity index (χ2n) is 6.73. The van der Waals surface area contributed by atoms with Crippen molar-refractivity contribution >= 4 is 0 Å². The first-order chi connectivity index (χ1) is 9.72. The van der Waals surface area contributed by atoms with Gasteiger partial charge < -0.3 is 4.90 Å². The Morgan fingerprint density at radius 1 is 1.25 bits per heavy atom. The first-order valence-electron chi connectivity index (χ1n) is 8.62. The third-order valence-electron chi connectivity index (χ3n) is 5.47. The Hall–Kier alpha value is -0.590. The molecule has 3 heteroatoms. The average Bonchev–Trinajstić information content (AvgIpc) is 2.73. The summed E-state index contributed by atoms with van der Waals surface area (Å²) in [6, 6.07) is 3.34. The lowest BCUT2D eigenvalue weighted by Gasteiger charge is -2.33. The number of nitriles is 1. The van der Waals surface area contributed by atoms with Crippen LogP contribution < -0.4 is 5.32 Å². The highest BCUT2D eigenvalue weighted by molar-refractivity contribution is 5.14. The minimum atomic E-state index is -0.232. The largest absolute Gasteiger partial charge is 0.301 e. The summed E-state index contributed by atoms with van der Waals surface area (Å²) < 4.78 is 0. The van der Waals surface area contributed by atoms with Gasteiger partial charge in [-0.05, 0) is 64.6 Å². The summed E-state index contributed by atoms with van der Waals surface area (Å²) in [5, 5.41) is 13.1. The van der Waals surface area contributed by atoms with Gasteiger partial charge in [-0.15, -0.1) is 0 Å². The van der Waals surface area contributed by atoms with E-state index in [0.717, 1.165) is 19.0 Å². The fourth-order valence-corrected chi connectivity index (χ4v) is 4.19. The highest BCUT2D eigenvalue weighted by Crippen LogP contribution is 2.37. The van der Waals surface area contributed by atoms with Crippen LogP contribution >= 0.6 is 0 Å². The monoisotopic (exact) mass is 277 g/mol. The zero-order valence-corrected chi connectivity index (χ0v) is 13.3. The van der Waals surface area contributed by atoms with Crippen LogP contribution in [-0.2, 0) is 0 Å². The van der Waals surface area contributed by atoms with E-state index >= 15 is 0 Å². The number of rotatable bonds is 5. The molecule has 3 nitrogen and oxygen atoms in total. The quantitative estimate of drug-likeness (QED) is 0.838. The first-order valence-corrected chi connectivity index (χ1v) is 8.62. The third kappa shape index (κ3) is 3.54. The van der Waals surface area contributed by atoms with Crippen molar-refractivity contribution in [3.63, 3.8) is 0 Å². The van der Waals surface area contributed by atoms with E-state index in [2.05, 4.69) is 30.1 Å². The average molecular weight is 277 g/mol. The molecule has 1 saturated carbocycles. The predicted molar refractivity (Wildman–Crippen MR) is 83.5 cm³/mol. The highest BCUT2D eigenvalue weighted by atomic mass is 15.1. The van der Waals surface area contributed by atoms with Gasteiger partial charge in [0.1, 0.15) is 5.54 Å². The lowest BCUT2D eigenvalue weighted by Crippen LogP contribution is -2.48. The van der Waals surface area contributed by atoms with Crippen LogP contribution in [0.5, 0.6) is 0 Å². The van der Waals surface area contributed by atoms with Gasteiger partial charge in [-0.3, -0.25) is 5.32 Å². The zero-order valence-electron chi connectivity index (χ0n) is 13.3. The summed E-state index contributed by atoms with van der Waals surface area (Å²) in [5.74, 6) is 0.544. The molecule has 2 fully saturated rings. The normalized spacial score (nSPS) is 35.6. The fourth-order valence-electron chi connectivity index (χ4n) is 4.19. The van der Waals surface area contributed by atoms with Crippen LogP contribution in [-0.4, -0.2) is 36.1 Å². The van der Waals surface area contributed by atoms with Gasteiger partial charge >= 0.3 is 0 Å². The van der Waals surface area contributed by atoms with Crippen LogP contribution in [0.2, 0.25) is 0 Å². The fraction of sp³-hybridized carbons (Fsp3) is 0.941. The second-order valence-corrected chi connectivity index (χ2v) is 6.73. The molecule has 1 N–H and O–H groups in total. The van der Waals surface area contributed by atoms with Crippen molar-refractivity contribution in [3.8, 4) is 6.07 Å². The van der Waals surface area contributed by atoms with E-state index in [1.54, 1.807) is 0 Å². The van der Waals surface area contributed by atoms with Crippen molar-refractivity contribution in [1.29, 1.82) is 5.26 Å². The molecule has 0 bridgehead atoms. The van der Waals surface area contributed by atoms with Gasteiger partial charge in [0.05, 0.1) is 6.07 Å². The van der Waals surface area contributed by atoms with Crippen molar-refractivity contribution in [2.75, 3.05) is 19.6 Å². The van der Waals surface area contributed by atoms with Crippen LogP contribution in [0, 0.1) is 17.2 Å². The van der Waals surface area contributed by atoms with Crippen LogP contribution in [0.15, 0.2) is 0 Å². The van der Waals surface area contributed by atoms with Gasteiger partial charge in [0.25, 0.3) is 0 Å². The second kappa shape index (κ2) is 7.43. The molecule has 3 atom stereocenters. The molecular formula is C17H31N3. The van der Waals surface area contributed by atoms with Crippen LogP contribution in [0.25, 0.3) is 0 Å². The summed E-state index contributed by atoms with van der Waals surface area (Å²) in [5.41, 5.74) is -0.232. The molecule has 0 spiro atoms. The molecule has 1 saturated heterocycles. The van der Waals surface area contributed by atoms with Gasteiger partial charge in [-0.1, -0.05) is 26.2 Å². The maximum atomic E-state index is 9.63. The van der Waals surface area contributed by atoms with Crippen molar-refractivity contribution < 1.29 is 0 Å². The van der Waals surface area contributed by atoms with Crippen LogP contribution in [0.3, 0.4) is 0 Å². The molecule has 2 aliphatic rings. The van der Waals surface area contributed by atoms with E-state index in [9.17, 15) is 5.26 Å². The number of nitrogens with one attached hydrogen (secondary N) is 1. The molecule has 0 aromatic rings. The van der Waals surface area contributed by atoms with E-state index in [-0.39, 0.29) is 5.54 Å². The Bertz CT molecular complexity index is 336. The lowest BCUT2D eigenvalue weighted by atomic mass is 9.85. The van der Waals surface area contributed by atoms with Crippen molar-refractivity contribution in [2.24, 2.45) is 5.92 Å². The number of likely N-dealkylation sites (tertiary alicyclic amines) is 1. The molecule has 0 amide bonds. The van der Waals surface area contributed by atoms with Crippen molar-refractivity contribution in [3.05, 3.63) is 0 Å². The molecule has 1 heterocycles. The maximum Gasteiger partial charge on any atom is 0.109 e. The molecule has 20 heavy (non-hydrogen) atoms. The minimum absolute atomic E-state index is 0.232. The van der Waals surface area contributed by atoms with Gasteiger partial charge in [-0.25, -0.2) is 0 Å². The van der Waals surface area contributed by atoms with Crippen molar-refractivity contribution in [1.82, 2.24) is 10.2 Å². The Kier molecular flexibility index (Phi) is 5.86. The minimum Gasteiger partial charge on any atom is -0.301 e. The molecule has 1 aliphatic carbocycles. The topological polar surface area (TPSA) is 39.1 Å². The van der Waals surface area contributed by atoms with Crippen LogP contribution in [0.4, 0.5) is 0 Å². The molecule has 1 aliphatic heterocycles. The molecule has 0 radical (unpaired) electrons. The summed E-state index contributed by atoms with van der Waals surface area (Å²) >= 11 is 0. The predicted octanol–water partition coefficient (Wildman–Crippen LogP) is 3.31. The Morgan fingerprint density at radius 2 is 2.10 bits per heavy atom. The third-order valence-corrected chi connectivity index (χ3v) is 5.47. The Balaban J connectivity index is 1.90. The summed E-state index contributed by atoms with van der Waals surface area (Å²) in [7, 11) is 0. The molecule has 0 aromatic carbocycles. The molecule has 2 rings (SSSR count). The van der Waals surface area contributed by atoms with Gasteiger partial charge in [0.2, 0.25) is 0 Å². The molecular weight excluding hydrogens is 246 g/mol. The van der Waals surface area contributed by atoms with E-state index in [0.29, 0.717) is 5.92 Å². The number of hydrogen-bond acceptors (Lipinski definition) is 3. The van der Waals surface area contributed by atoms with Gasteiger partial charge in [-0.2, -0.15) is 5.26 Å². The summed E-state index contributed by atoms with van der Waals surface area (Å²) in [6.45, 7) is 7.84. The van der Waals surface area contributed by atoms with Gasteiger partial charge in [0, 0.05) is 6.04 Å². The molecule has 0 aromatic heterocycles. The number of hydrogen-bond donors (Lipinski definition) is 1. The molecule has 114 valence electrons. The lowest BCUT2D eigenvalue weighted by molar-refractivity contribution is 0.183. The standard InChI is InChI=1S/C17H31N3/c1-3-19-17(14-18)11-7-9-16(17)10-13-20-12-6-4-5-8-15(20)2/h15-16,19H,3-13H2,1-2H3. The Labute approximate surface area is 124 Å². The van der Waals surface area contributed by atoms with Gasteiger partial charge in [0.15, 0.2) is 0 Å². The maximum absolute atomic E-state index is 9.63. The highest BCUT2D eigenvalue weighted by Gasteiger charge is 2.42. The SMILES string of the molecule is CCNC1(C#N)CCCC1CCN1CCCCCC1C. The van der Waals surface area contributed by atoms with Crippen LogP contribution in [0.1, 0.15) is 65.2 Å². The first kappa shape index (κ1) is 15.8.